The van der Waals surface area contributed by atoms with Gasteiger partial charge >= 0.3 is 0 Å². The lowest BCUT2D eigenvalue weighted by Crippen LogP contribution is -2.26. The Kier molecular flexibility index (Phi) is 6.91. The van der Waals surface area contributed by atoms with E-state index in [0.29, 0.717) is 11.3 Å². The number of rotatable bonds is 8. The Hall–Kier alpha value is -3.39. The highest BCUT2D eigenvalue weighted by Gasteiger charge is 2.16. The predicted octanol–water partition coefficient (Wildman–Crippen LogP) is 4.16. The third-order valence-corrected chi connectivity index (χ3v) is 5.86. The van der Waals surface area contributed by atoms with Crippen molar-refractivity contribution in [3.63, 3.8) is 0 Å². The Bertz CT molecular complexity index is 1110. The van der Waals surface area contributed by atoms with Crippen LogP contribution in [-0.2, 0) is 10.0 Å². The monoisotopic (exact) mass is 439 g/mol. The highest BCUT2D eigenvalue weighted by Crippen LogP contribution is 2.20. The molecule has 0 bridgehead atoms. The number of hydrogen-bond acceptors (Lipinski definition) is 5. The largest absolute Gasteiger partial charge is 0.491 e. The molecule has 2 N–H and O–H groups in total. The van der Waals surface area contributed by atoms with E-state index in [-0.39, 0.29) is 22.9 Å². The molecule has 8 heteroatoms. The summed E-state index contributed by atoms with van der Waals surface area (Å²) in [6.07, 6.45) is 3.09. The first kappa shape index (κ1) is 22.3. The van der Waals surface area contributed by atoms with E-state index in [4.69, 9.17) is 4.74 Å². The minimum absolute atomic E-state index is 0.0645. The van der Waals surface area contributed by atoms with E-state index >= 15 is 0 Å². The molecule has 0 fully saturated rings. The molecule has 0 aliphatic rings. The summed E-state index contributed by atoms with van der Waals surface area (Å²) >= 11 is 0. The van der Waals surface area contributed by atoms with Crippen molar-refractivity contribution in [2.24, 2.45) is 0 Å². The molecule has 0 saturated heterocycles. The van der Waals surface area contributed by atoms with Gasteiger partial charge in [-0.25, -0.2) is 8.42 Å². The van der Waals surface area contributed by atoms with Gasteiger partial charge in [0.05, 0.1) is 22.7 Å². The number of aromatic nitrogens is 1. The summed E-state index contributed by atoms with van der Waals surface area (Å²) in [6, 6.07) is 16.2. The third kappa shape index (κ3) is 6.05. The second-order valence-corrected chi connectivity index (χ2v) is 8.98. The van der Waals surface area contributed by atoms with Crippen molar-refractivity contribution < 1.29 is 17.9 Å². The summed E-state index contributed by atoms with van der Waals surface area (Å²) in [5.74, 6) is 0.482. The lowest BCUT2D eigenvalue weighted by Gasteiger charge is -2.16. The van der Waals surface area contributed by atoms with Gasteiger partial charge in [-0.15, -0.1) is 0 Å². The molecule has 1 amide bonds. The first-order valence-corrected chi connectivity index (χ1v) is 11.3. The number of sulfonamides is 1. The van der Waals surface area contributed by atoms with Gasteiger partial charge in [-0.3, -0.25) is 14.5 Å². The Balaban J connectivity index is 1.64. The molecule has 0 aliphatic heterocycles. The average molecular weight is 440 g/mol. The maximum absolute atomic E-state index is 12.6. The fourth-order valence-electron chi connectivity index (χ4n) is 2.89. The molecule has 2 aromatic carbocycles. The molecular weight excluding hydrogens is 414 g/mol. The summed E-state index contributed by atoms with van der Waals surface area (Å²) in [5.41, 5.74) is 1.72. The molecule has 1 heterocycles. The lowest BCUT2D eigenvalue weighted by atomic mass is 10.1. The predicted molar refractivity (Wildman–Crippen MR) is 120 cm³/mol. The second kappa shape index (κ2) is 9.61. The Morgan fingerprint density at radius 1 is 0.903 bits per heavy atom. The lowest BCUT2D eigenvalue weighted by molar-refractivity contribution is 0.0940. The fraction of sp³-hybridized carbons (Fsp3) is 0.217. The van der Waals surface area contributed by atoms with Crippen molar-refractivity contribution in [3.8, 4) is 5.75 Å². The van der Waals surface area contributed by atoms with Crippen LogP contribution in [0.1, 0.15) is 42.7 Å². The van der Waals surface area contributed by atoms with Crippen molar-refractivity contribution in [3.05, 3.63) is 84.2 Å². The number of benzene rings is 2. The number of nitrogens with one attached hydrogen (secondary N) is 2. The number of nitrogens with zero attached hydrogens (tertiary/aromatic N) is 1. The zero-order valence-corrected chi connectivity index (χ0v) is 18.4. The van der Waals surface area contributed by atoms with Gasteiger partial charge in [-0.05, 0) is 74.9 Å². The van der Waals surface area contributed by atoms with Crippen molar-refractivity contribution in [2.75, 3.05) is 4.72 Å². The molecule has 1 unspecified atom stereocenters. The molecule has 3 rings (SSSR count). The van der Waals surface area contributed by atoms with Gasteiger partial charge in [0.2, 0.25) is 0 Å². The summed E-state index contributed by atoms with van der Waals surface area (Å²) in [6.45, 7) is 5.80. The summed E-state index contributed by atoms with van der Waals surface area (Å²) in [4.78, 5) is 16.5. The van der Waals surface area contributed by atoms with Crippen LogP contribution in [0.25, 0.3) is 0 Å². The van der Waals surface area contributed by atoms with E-state index < -0.39 is 10.0 Å². The van der Waals surface area contributed by atoms with Crippen molar-refractivity contribution >= 4 is 21.6 Å². The molecule has 162 valence electrons. The van der Waals surface area contributed by atoms with Crippen LogP contribution in [0.4, 0.5) is 5.69 Å². The second-order valence-electron chi connectivity index (χ2n) is 7.30. The molecule has 0 saturated carbocycles. The van der Waals surface area contributed by atoms with E-state index in [0.717, 1.165) is 11.3 Å². The minimum atomic E-state index is -3.76. The molecule has 0 spiro atoms. The van der Waals surface area contributed by atoms with Crippen LogP contribution in [0.5, 0.6) is 5.75 Å². The van der Waals surface area contributed by atoms with E-state index in [1.165, 1.54) is 36.7 Å². The van der Waals surface area contributed by atoms with E-state index in [1.807, 2.05) is 45.0 Å². The maximum atomic E-state index is 12.6. The number of carbonyl (C=O) groups is 1. The van der Waals surface area contributed by atoms with Gasteiger partial charge in [-0.1, -0.05) is 12.1 Å². The number of amides is 1. The number of pyridine rings is 1. The topological polar surface area (TPSA) is 97.4 Å². The van der Waals surface area contributed by atoms with Crippen molar-refractivity contribution in [1.82, 2.24) is 10.3 Å². The number of hydrogen-bond donors (Lipinski definition) is 2. The highest BCUT2D eigenvalue weighted by atomic mass is 32.2. The van der Waals surface area contributed by atoms with Crippen LogP contribution in [0.2, 0.25) is 0 Å². The van der Waals surface area contributed by atoms with Crippen molar-refractivity contribution in [1.29, 1.82) is 0 Å². The van der Waals surface area contributed by atoms with Gasteiger partial charge in [0.25, 0.3) is 15.9 Å². The van der Waals surface area contributed by atoms with Crippen LogP contribution in [0.15, 0.2) is 78.0 Å². The van der Waals surface area contributed by atoms with Crippen molar-refractivity contribution in [2.45, 2.75) is 37.8 Å². The molecule has 1 aromatic heterocycles. The number of ether oxygens (including phenoxy) is 1. The minimum Gasteiger partial charge on any atom is -0.491 e. The molecule has 1 atom stereocenters. The van der Waals surface area contributed by atoms with Crippen LogP contribution in [0, 0.1) is 0 Å². The quantitative estimate of drug-likeness (QED) is 0.549. The van der Waals surface area contributed by atoms with Gasteiger partial charge in [-0.2, -0.15) is 0 Å². The first-order chi connectivity index (χ1) is 14.7. The van der Waals surface area contributed by atoms with Crippen LogP contribution in [0.3, 0.4) is 0 Å². The zero-order valence-electron chi connectivity index (χ0n) is 17.6. The first-order valence-electron chi connectivity index (χ1n) is 9.85. The molecule has 0 radical (unpaired) electrons. The van der Waals surface area contributed by atoms with E-state index in [1.54, 1.807) is 12.1 Å². The highest BCUT2D eigenvalue weighted by molar-refractivity contribution is 7.92. The zero-order chi connectivity index (χ0) is 22.4. The Morgan fingerprint density at radius 2 is 1.52 bits per heavy atom. The van der Waals surface area contributed by atoms with Gasteiger partial charge < -0.3 is 10.1 Å². The van der Waals surface area contributed by atoms with Gasteiger partial charge in [0.15, 0.2) is 0 Å². The van der Waals surface area contributed by atoms with E-state index in [2.05, 4.69) is 15.0 Å². The van der Waals surface area contributed by atoms with Crippen LogP contribution < -0.4 is 14.8 Å². The molecule has 3 aromatic rings. The number of carbonyl (C=O) groups excluding carboxylic acids is 1. The van der Waals surface area contributed by atoms with Gasteiger partial charge in [0, 0.05) is 18.0 Å². The van der Waals surface area contributed by atoms with E-state index in [9.17, 15) is 13.2 Å². The standard InChI is InChI=1S/C23H25N3O4S/c1-16(2)30-21-8-4-18(5-9-21)17(3)25-23(27)19-6-10-22(11-7-19)31(28,29)26-20-12-14-24-15-13-20/h4-17H,1-3H3,(H,24,26)(H,25,27). The molecule has 7 nitrogen and oxygen atoms in total. The Morgan fingerprint density at radius 3 is 2.10 bits per heavy atom. The summed E-state index contributed by atoms with van der Waals surface area (Å²) in [7, 11) is -3.76. The maximum Gasteiger partial charge on any atom is 0.261 e. The fourth-order valence-corrected chi connectivity index (χ4v) is 3.95. The Labute approximate surface area is 182 Å². The van der Waals surface area contributed by atoms with Crippen LogP contribution in [-0.4, -0.2) is 25.4 Å². The average Bonchev–Trinajstić information content (AvgIpc) is 2.74. The number of anilines is 1. The smallest absolute Gasteiger partial charge is 0.261 e. The molecule has 0 aliphatic carbocycles. The summed E-state index contributed by atoms with van der Waals surface area (Å²) < 4.78 is 33.1. The summed E-state index contributed by atoms with van der Waals surface area (Å²) in [5, 5.41) is 2.92. The third-order valence-electron chi connectivity index (χ3n) is 4.46. The molecule has 31 heavy (non-hydrogen) atoms. The molecular formula is C23H25N3O4S. The normalized spacial score (nSPS) is 12.3. The van der Waals surface area contributed by atoms with Crippen LogP contribution >= 0.6 is 0 Å². The van der Waals surface area contributed by atoms with Gasteiger partial charge in [0.1, 0.15) is 5.75 Å². The SMILES string of the molecule is CC(C)Oc1ccc(C(C)NC(=O)c2ccc(S(=O)(=O)Nc3ccncc3)cc2)cc1.